The molecule has 12 nitrogen and oxygen atoms in total. The Labute approximate surface area is 203 Å². The summed E-state index contributed by atoms with van der Waals surface area (Å²) in [4.78, 5) is 12.1. The number of aliphatic hydroxyl groups excluding tert-OH is 2. The summed E-state index contributed by atoms with van der Waals surface area (Å²) in [6.07, 6.45) is -1.16. The fourth-order valence-corrected chi connectivity index (χ4v) is 4.65. The number of esters is 1. The molecule has 0 aromatic carbocycles. The van der Waals surface area contributed by atoms with Crippen LogP contribution in [0.1, 0.15) is 39.3 Å². The summed E-state index contributed by atoms with van der Waals surface area (Å²) in [7, 11) is -2.54. The molecule has 3 heterocycles. The topological polar surface area (TPSA) is 181 Å². The van der Waals surface area contributed by atoms with Gasteiger partial charge in [-0.25, -0.2) is 4.52 Å². The second kappa shape index (κ2) is 11.4. The van der Waals surface area contributed by atoms with E-state index in [9.17, 15) is 24.8 Å². The number of carbonyl (C=O) groups excluding carboxylic acids is 1. The molecule has 2 aromatic rings. The van der Waals surface area contributed by atoms with Gasteiger partial charge in [-0.1, -0.05) is 31.8 Å². The Morgan fingerprint density at radius 3 is 2.77 bits per heavy atom. The van der Waals surface area contributed by atoms with E-state index in [1.807, 2.05) is 19.9 Å². The van der Waals surface area contributed by atoms with E-state index in [4.69, 9.17) is 19.7 Å². The van der Waals surface area contributed by atoms with Crippen molar-refractivity contribution in [1.82, 2.24) is 14.7 Å². The van der Waals surface area contributed by atoms with Crippen LogP contribution in [0.4, 0.5) is 5.69 Å². The summed E-state index contributed by atoms with van der Waals surface area (Å²) in [5.74, 6) is -0.305. The van der Waals surface area contributed by atoms with E-state index >= 15 is 0 Å². The standard InChI is InChI=1S/C22H31N5O7P/c1-4-14(5-2)10-32-21(30)13(3)26-35(31)33-11-17-19(28)20(29)22(12-23,34-17)18-7-6-16-15(24)8-9-25-27(16)18/h6-9,13-14,17,19-20,28-29H,4-5,10-11,24H2,1-3H3,(H,26,31)/q+1/t13-,17+,19+,20+,22-/m0/s1. The smallest absolute Gasteiger partial charge is 0.464 e. The average molecular weight is 508 g/mol. The molecule has 0 spiro atoms. The van der Waals surface area contributed by atoms with Gasteiger partial charge in [-0.05, 0) is 35.6 Å². The molecule has 6 atom stereocenters. The Morgan fingerprint density at radius 1 is 1.40 bits per heavy atom. The first-order chi connectivity index (χ1) is 16.7. The Balaban J connectivity index is 1.62. The molecule has 0 bridgehead atoms. The normalized spacial score (nSPS) is 25.5. The van der Waals surface area contributed by atoms with Crippen LogP contribution in [-0.4, -0.2) is 63.4 Å². The van der Waals surface area contributed by atoms with E-state index in [1.54, 1.807) is 12.1 Å². The fraction of sp³-hybridized carbons (Fsp3) is 0.591. The molecule has 1 aliphatic heterocycles. The highest BCUT2D eigenvalue weighted by atomic mass is 31.1. The maximum Gasteiger partial charge on any atom is 0.613 e. The zero-order valence-corrected chi connectivity index (χ0v) is 20.7. The molecule has 3 rings (SSSR count). The Bertz CT molecular complexity index is 1100. The highest BCUT2D eigenvalue weighted by Gasteiger charge is 2.58. The minimum atomic E-state index is -2.54. The molecule has 190 valence electrons. The number of nitrogens with two attached hydrogens (primary N) is 1. The molecule has 0 saturated carbocycles. The molecule has 1 aliphatic rings. The molecule has 1 saturated heterocycles. The highest BCUT2D eigenvalue weighted by Crippen LogP contribution is 2.41. The maximum atomic E-state index is 12.3. The summed E-state index contributed by atoms with van der Waals surface area (Å²) in [5, 5.41) is 37.9. The SMILES string of the molecule is CCC(CC)COC(=O)[C@H](C)N[P+](=O)OC[C@H]1O[C@@](C#N)(c2ccc3c(N)ccnn23)[C@H](O)[C@@H]1O. The first-order valence-corrected chi connectivity index (χ1v) is 12.6. The molecule has 0 amide bonds. The summed E-state index contributed by atoms with van der Waals surface area (Å²) in [5.41, 5.74) is 5.06. The number of rotatable bonds is 11. The summed E-state index contributed by atoms with van der Waals surface area (Å²) >= 11 is 0. The Hall–Kier alpha value is -2.65. The van der Waals surface area contributed by atoms with E-state index in [2.05, 4.69) is 10.2 Å². The van der Waals surface area contributed by atoms with Gasteiger partial charge < -0.3 is 25.4 Å². The summed E-state index contributed by atoms with van der Waals surface area (Å²) in [6.45, 7) is 5.38. The largest absolute Gasteiger partial charge is 0.613 e. The minimum Gasteiger partial charge on any atom is -0.464 e. The van der Waals surface area contributed by atoms with Gasteiger partial charge in [0, 0.05) is 6.20 Å². The van der Waals surface area contributed by atoms with E-state index in [1.165, 1.54) is 23.7 Å². The lowest BCUT2D eigenvalue weighted by atomic mass is 9.92. The molecule has 35 heavy (non-hydrogen) atoms. The number of hydrogen-bond donors (Lipinski definition) is 4. The highest BCUT2D eigenvalue weighted by molar-refractivity contribution is 7.36. The lowest BCUT2D eigenvalue weighted by Crippen LogP contribution is -2.41. The van der Waals surface area contributed by atoms with Gasteiger partial charge in [0.05, 0.1) is 23.5 Å². The molecule has 13 heteroatoms. The number of carbonyl (C=O) groups is 1. The van der Waals surface area contributed by atoms with Crippen molar-refractivity contribution >= 4 is 25.4 Å². The van der Waals surface area contributed by atoms with Crippen molar-refractivity contribution in [3.05, 3.63) is 30.1 Å². The molecule has 1 unspecified atom stereocenters. The van der Waals surface area contributed by atoms with Crippen molar-refractivity contribution in [1.29, 1.82) is 5.26 Å². The monoisotopic (exact) mass is 508 g/mol. The van der Waals surface area contributed by atoms with Crippen LogP contribution >= 0.6 is 8.18 Å². The van der Waals surface area contributed by atoms with Crippen LogP contribution in [0, 0.1) is 17.2 Å². The predicted molar refractivity (Wildman–Crippen MR) is 125 cm³/mol. The lowest BCUT2D eigenvalue weighted by molar-refractivity contribution is -0.146. The number of nitrogens with zero attached hydrogens (tertiary/aromatic N) is 3. The molecule has 5 N–H and O–H groups in total. The quantitative estimate of drug-likeness (QED) is 0.254. The van der Waals surface area contributed by atoms with Crippen LogP contribution in [0.2, 0.25) is 0 Å². The molecule has 0 radical (unpaired) electrons. The van der Waals surface area contributed by atoms with E-state index in [0.29, 0.717) is 11.2 Å². The van der Waals surface area contributed by atoms with E-state index < -0.39 is 50.7 Å². The van der Waals surface area contributed by atoms with Crippen molar-refractivity contribution < 1.29 is 33.6 Å². The number of ether oxygens (including phenoxy) is 2. The third kappa shape index (κ3) is 5.46. The maximum absolute atomic E-state index is 12.3. The van der Waals surface area contributed by atoms with Crippen LogP contribution in [0.3, 0.4) is 0 Å². The van der Waals surface area contributed by atoms with E-state index in [0.717, 1.165) is 12.8 Å². The van der Waals surface area contributed by atoms with Crippen LogP contribution in [-0.2, 0) is 29.0 Å². The van der Waals surface area contributed by atoms with Gasteiger partial charge in [0.1, 0.15) is 37.0 Å². The second-order valence-corrected chi connectivity index (χ2v) is 9.49. The number of aliphatic hydroxyl groups is 2. The number of fused-ring (bicyclic) bond motifs is 1. The van der Waals surface area contributed by atoms with Crippen molar-refractivity contribution in [2.24, 2.45) is 5.92 Å². The third-order valence-corrected chi connectivity index (χ3v) is 7.20. The molecular weight excluding hydrogens is 477 g/mol. The van der Waals surface area contributed by atoms with Gasteiger partial charge in [-0.15, -0.1) is 4.52 Å². The average Bonchev–Trinajstić information content (AvgIpc) is 3.39. The first-order valence-electron chi connectivity index (χ1n) is 11.4. The molecule has 1 fully saturated rings. The van der Waals surface area contributed by atoms with Crippen molar-refractivity contribution in [2.45, 2.75) is 63.6 Å². The van der Waals surface area contributed by atoms with Crippen molar-refractivity contribution in [3.63, 3.8) is 0 Å². The zero-order valence-electron chi connectivity index (χ0n) is 19.8. The van der Waals surface area contributed by atoms with Crippen LogP contribution in [0.25, 0.3) is 5.52 Å². The number of nitrogen functional groups attached to an aromatic ring is 1. The lowest BCUT2D eigenvalue weighted by Gasteiger charge is -2.24. The first kappa shape index (κ1) is 26.9. The van der Waals surface area contributed by atoms with Gasteiger partial charge in [0.15, 0.2) is 0 Å². The number of aromatic nitrogens is 2. The fourth-order valence-electron chi connectivity index (χ4n) is 3.87. The van der Waals surface area contributed by atoms with Gasteiger partial charge in [0.2, 0.25) is 5.60 Å². The van der Waals surface area contributed by atoms with Gasteiger partial charge in [0.25, 0.3) is 0 Å². The second-order valence-electron chi connectivity index (χ2n) is 8.46. The number of nitrogens with one attached hydrogen (secondary N) is 1. The van der Waals surface area contributed by atoms with Crippen molar-refractivity contribution in [3.8, 4) is 6.07 Å². The van der Waals surface area contributed by atoms with Gasteiger partial charge in [-0.3, -0.25) is 4.79 Å². The van der Waals surface area contributed by atoms with Crippen LogP contribution < -0.4 is 10.8 Å². The van der Waals surface area contributed by atoms with Gasteiger partial charge >= 0.3 is 14.1 Å². The Kier molecular flexibility index (Phi) is 8.77. The van der Waals surface area contributed by atoms with Gasteiger partial charge in [-0.2, -0.15) is 10.4 Å². The number of hydrogen-bond acceptors (Lipinski definition) is 10. The zero-order chi connectivity index (χ0) is 25.8. The third-order valence-electron chi connectivity index (χ3n) is 6.22. The number of anilines is 1. The number of nitriles is 1. The molecular formula is C22H31N5O7P+. The van der Waals surface area contributed by atoms with E-state index in [-0.39, 0.29) is 18.2 Å². The summed E-state index contributed by atoms with van der Waals surface area (Å²) in [6, 6.07) is 5.77. The Morgan fingerprint density at radius 2 is 2.11 bits per heavy atom. The summed E-state index contributed by atoms with van der Waals surface area (Å²) < 4.78 is 30.0. The predicted octanol–water partition coefficient (Wildman–Crippen LogP) is 1.39. The van der Waals surface area contributed by atoms with Crippen LogP contribution in [0.5, 0.6) is 0 Å². The minimum absolute atomic E-state index is 0.174. The van der Waals surface area contributed by atoms with Crippen LogP contribution in [0.15, 0.2) is 24.4 Å². The van der Waals surface area contributed by atoms with Crippen molar-refractivity contribution in [2.75, 3.05) is 18.9 Å². The molecule has 0 aliphatic carbocycles. The molecule has 2 aromatic heterocycles.